The lowest BCUT2D eigenvalue weighted by Crippen LogP contribution is -2.37. The van der Waals surface area contributed by atoms with E-state index in [4.69, 9.17) is 0 Å². The highest BCUT2D eigenvalue weighted by atomic mass is 16.2. The molecule has 3 N–H and O–H groups in total. The second kappa shape index (κ2) is 9.15. The van der Waals surface area contributed by atoms with E-state index in [0.29, 0.717) is 19.0 Å². The van der Waals surface area contributed by atoms with Crippen molar-refractivity contribution in [1.82, 2.24) is 16.0 Å². The Hall–Kier alpha value is -1.10. The van der Waals surface area contributed by atoms with E-state index in [1.807, 2.05) is 6.92 Å². The van der Waals surface area contributed by atoms with Gasteiger partial charge in [-0.25, -0.2) is 0 Å². The van der Waals surface area contributed by atoms with E-state index in [-0.39, 0.29) is 18.4 Å². The van der Waals surface area contributed by atoms with Crippen molar-refractivity contribution in [2.45, 2.75) is 39.7 Å². The average molecular weight is 229 g/mol. The largest absolute Gasteiger partial charge is 0.355 e. The van der Waals surface area contributed by atoms with Gasteiger partial charge in [-0.3, -0.25) is 9.59 Å². The van der Waals surface area contributed by atoms with Gasteiger partial charge in [-0.15, -0.1) is 0 Å². The Morgan fingerprint density at radius 2 is 1.81 bits per heavy atom. The summed E-state index contributed by atoms with van der Waals surface area (Å²) in [6, 6.07) is 0.443. The molecule has 0 atom stereocenters. The molecule has 0 fully saturated rings. The van der Waals surface area contributed by atoms with Crippen LogP contribution in [0.5, 0.6) is 0 Å². The summed E-state index contributed by atoms with van der Waals surface area (Å²) in [5, 5.41) is 8.42. The molecule has 16 heavy (non-hydrogen) atoms. The highest BCUT2D eigenvalue weighted by molar-refractivity contribution is 5.84. The Balaban J connectivity index is 3.41. The quantitative estimate of drug-likeness (QED) is 0.514. The molecule has 0 aliphatic carbocycles. The number of hydrogen-bond acceptors (Lipinski definition) is 3. The van der Waals surface area contributed by atoms with Crippen molar-refractivity contribution in [2.24, 2.45) is 0 Å². The highest BCUT2D eigenvalue weighted by Crippen LogP contribution is 1.88. The van der Waals surface area contributed by atoms with Crippen molar-refractivity contribution in [3.05, 3.63) is 0 Å². The molecule has 0 heterocycles. The monoisotopic (exact) mass is 229 g/mol. The molecule has 0 rings (SSSR count). The molecule has 0 bridgehead atoms. The molecule has 5 heteroatoms. The lowest BCUT2D eigenvalue weighted by atomic mass is 10.2. The fourth-order valence-electron chi connectivity index (χ4n) is 1.17. The molecule has 2 amide bonds. The van der Waals surface area contributed by atoms with Crippen molar-refractivity contribution < 1.29 is 9.59 Å². The third kappa shape index (κ3) is 9.45. The standard InChI is InChI=1S/C11H23N3O2/c1-4-12-11(16)8-14-10(15)6-5-7-13-9(2)3/h9,13H,4-8H2,1-3H3,(H,12,16)(H,14,15). The van der Waals surface area contributed by atoms with Crippen LogP contribution < -0.4 is 16.0 Å². The van der Waals surface area contributed by atoms with E-state index in [9.17, 15) is 9.59 Å². The maximum absolute atomic E-state index is 11.3. The topological polar surface area (TPSA) is 70.2 Å². The summed E-state index contributed by atoms with van der Waals surface area (Å²) in [4.78, 5) is 22.3. The van der Waals surface area contributed by atoms with Gasteiger partial charge in [-0.2, -0.15) is 0 Å². The minimum Gasteiger partial charge on any atom is -0.355 e. The van der Waals surface area contributed by atoms with E-state index in [1.165, 1.54) is 0 Å². The van der Waals surface area contributed by atoms with E-state index in [2.05, 4.69) is 29.8 Å². The van der Waals surface area contributed by atoms with Crippen molar-refractivity contribution in [2.75, 3.05) is 19.6 Å². The Kier molecular flexibility index (Phi) is 8.52. The van der Waals surface area contributed by atoms with Crippen molar-refractivity contribution >= 4 is 11.8 Å². The van der Waals surface area contributed by atoms with E-state index < -0.39 is 0 Å². The molecule has 5 nitrogen and oxygen atoms in total. The average Bonchev–Trinajstić information content (AvgIpc) is 2.22. The number of nitrogens with one attached hydrogen (secondary N) is 3. The molecule has 0 aromatic carbocycles. The van der Waals surface area contributed by atoms with Crippen LogP contribution in [0.3, 0.4) is 0 Å². The minimum absolute atomic E-state index is 0.0724. The molecule has 0 aromatic rings. The van der Waals surface area contributed by atoms with Gasteiger partial charge in [0, 0.05) is 19.0 Å². The van der Waals surface area contributed by atoms with E-state index in [1.54, 1.807) is 0 Å². The summed E-state index contributed by atoms with van der Waals surface area (Å²) in [6.07, 6.45) is 1.25. The van der Waals surface area contributed by atoms with Gasteiger partial charge in [0.15, 0.2) is 0 Å². The summed E-state index contributed by atoms with van der Waals surface area (Å²) in [6.45, 7) is 7.46. The van der Waals surface area contributed by atoms with Crippen LogP contribution in [-0.2, 0) is 9.59 Å². The van der Waals surface area contributed by atoms with Gasteiger partial charge in [0.2, 0.25) is 11.8 Å². The van der Waals surface area contributed by atoms with Crippen LogP contribution in [0.2, 0.25) is 0 Å². The maximum atomic E-state index is 11.3. The predicted molar refractivity (Wildman–Crippen MR) is 64.1 cm³/mol. The van der Waals surface area contributed by atoms with Crippen LogP contribution in [0.1, 0.15) is 33.6 Å². The van der Waals surface area contributed by atoms with Crippen LogP contribution >= 0.6 is 0 Å². The molecule has 0 spiro atoms. The van der Waals surface area contributed by atoms with Gasteiger partial charge < -0.3 is 16.0 Å². The zero-order valence-electron chi connectivity index (χ0n) is 10.4. The lowest BCUT2D eigenvalue weighted by molar-refractivity contribution is -0.126. The van der Waals surface area contributed by atoms with E-state index in [0.717, 1.165) is 13.0 Å². The van der Waals surface area contributed by atoms with Gasteiger partial charge >= 0.3 is 0 Å². The maximum Gasteiger partial charge on any atom is 0.239 e. The number of likely N-dealkylation sites (N-methyl/N-ethyl adjacent to an activating group) is 1. The van der Waals surface area contributed by atoms with Gasteiger partial charge in [0.1, 0.15) is 0 Å². The summed E-state index contributed by atoms with van der Waals surface area (Å²) < 4.78 is 0. The van der Waals surface area contributed by atoms with Gasteiger partial charge in [0.05, 0.1) is 6.54 Å². The first-order valence-electron chi connectivity index (χ1n) is 5.83. The number of carbonyl (C=O) groups excluding carboxylic acids is 2. The summed E-state index contributed by atoms with van der Waals surface area (Å²) in [5.74, 6) is -0.215. The normalized spacial score (nSPS) is 10.2. The first-order chi connectivity index (χ1) is 7.56. The number of hydrogen-bond donors (Lipinski definition) is 3. The molecule has 0 radical (unpaired) electrons. The fraction of sp³-hybridized carbons (Fsp3) is 0.818. The molecule has 0 aromatic heterocycles. The molecular formula is C11H23N3O2. The van der Waals surface area contributed by atoms with Gasteiger partial charge in [-0.1, -0.05) is 13.8 Å². The first kappa shape index (κ1) is 14.9. The molecule has 0 aliphatic heterocycles. The molecule has 0 aliphatic rings. The third-order valence-corrected chi connectivity index (χ3v) is 1.95. The zero-order chi connectivity index (χ0) is 12.4. The van der Waals surface area contributed by atoms with Crippen LogP contribution in [0.4, 0.5) is 0 Å². The summed E-state index contributed by atoms with van der Waals surface area (Å²) in [7, 11) is 0. The van der Waals surface area contributed by atoms with Crippen LogP contribution in [-0.4, -0.2) is 37.5 Å². The van der Waals surface area contributed by atoms with Crippen molar-refractivity contribution in [3.63, 3.8) is 0 Å². The summed E-state index contributed by atoms with van der Waals surface area (Å²) >= 11 is 0. The number of rotatable bonds is 8. The van der Waals surface area contributed by atoms with Gasteiger partial charge in [0.25, 0.3) is 0 Å². The van der Waals surface area contributed by atoms with Crippen molar-refractivity contribution in [1.29, 1.82) is 0 Å². The van der Waals surface area contributed by atoms with Crippen LogP contribution in [0.25, 0.3) is 0 Å². The first-order valence-corrected chi connectivity index (χ1v) is 5.83. The second-order valence-electron chi connectivity index (χ2n) is 3.94. The SMILES string of the molecule is CCNC(=O)CNC(=O)CCCNC(C)C. The Morgan fingerprint density at radius 3 is 2.38 bits per heavy atom. The van der Waals surface area contributed by atoms with Crippen LogP contribution in [0, 0.1) is 0 Å². The molecule has 0 saturated heterocycles. The third-order valence-electron chi connectivity index (χ3n) is 1.95. The molecule has 94 valence electrons. The Bertz CT molecular complexity index is 217. The summed E-state index contributed by atoms with van der Waals surface area (Å²) in [5.41, 5.74) is 0. The smallest absolute Gasteiger partial charge is 0.239 e. The molecule has 0 saturated carbocycles. The minimum atomic E-state index is -0.142. The highest BCUT2D eigenvalue weighted by Gasteiger charge is 2.04. The number of amides is 2. The molecular weight excluding hydrogens is 206 g/mol. The Labute approximate surface area is 97.4 Å². The fourth-order valence-corrected chi connectivity index (χ4v) is 1.17. The van der Waals surface area contributed by atoms with Crippen LogP contribution in [0.15, 0.2) is 0 Å². The van der Waals surface area contributed by atoms with Crippen molar-refractivity contribution in [3.8, 4) is 0 Å². The second-order valence-corrected chi connectivity index (χ2v) is 3.94. The Morgan fingerprint density at radius 1 is 1.12 bits per heavy atom. The zero-order valence-corrected chi connectivity index (χ0v) is 10.4. The predicted octanol–water partition coefficient (Wildman–Crippen LogP) is 0.0169. The van der Waals surface area contributed by atoms with Gasteiger partial charge in [-0.05, 0) is 19.9 Å². The van der Waals surface area contributed by atoms with E-state index >= 15 is 0 Å². The molecule has 0 unspecified atom stereocenters. The number of carbonyl (C=O) groups is 2. The lowest BCUT2D eigenvalue weighted by Gasteiger charge is -2.08.